The summed E-state index contributed by atoms with van der Waals surface area (Å²) in [7, 11) is 0. The average molecular weight is 212 g/mol. The van der Waals surface area contributed by atoms with Crippen LogP contribution in [0.2, 0.25) is 0 Å². The topological polar surface area (TPSA) is 26.3 Å². The summed E-state index contributed by atoms with van der Waals surface area (Å²) in [6, 6.07) is 9.47. The number of rotatable bonds is 4. The molecule has 0 radical (unpaired) electrons. The van der Waals surface area contributed by atoms with Crippen molar-refractivity contribution >= 4 is 6.29 Å². The normalized spacial score (nSPS) is 14.0. The molecule has 0 aromatic heterocycles. The van der Waals surface area contributed by atoms with Gasteiger partial charge in [-0.2, -0.15) is 0 Å². The first-order valence-corrected chi connectivity index (χ1v) is 5.06. The maximum atomic E-state index is 10.6. The quantitative estimate of drug-likeness (QED) is 0.566. The highest BCUT2D eigenvalue weighted by Gasteiger charge is 2.11. The highest BCUT2D eigenvalue weighted by molar-refractivity contribution is 5.77. The highest BCUT2D eigenvalue weighted by Crippen LogP contribution is 2.25. The van der Waals surface area contributed by atoms with Crippen LogP contribution in [0.25, 0.3) is 0 Å². The van der Waals surface area contributed by atoms with Gasteiger partial charge in [0, 0.05) is 6.42 Å². The van der Waals surface area contributed by atoms with Crippen LogP contribution >= 0.6 is 0 Å². The second kappa shape index (κ2) is 4.62. The number of carbonyl (C=O) groups is 1. The van der Waals surface area contributed by atoms with E-state index in [-0.39, 0.29) is 0 Å². The van der Waals surface area contributed by atoms with Gasteiger partial charge in [0.1, 0.15) is 17.8 Å². The van der Waals surface area contributed by atoms with Gasteiger partial charge < -0.3 is 4.74 Å². The molecule has 0 atom stereocenters. The summed E-state index contributed by atoms with van der Waals surface area (Å²) in [5.74, 6) is 1.35. The van der Waals surface area contributed by atoms with Crippen molar-refractivity contribution in [3.05, 3.63) is 66.0 Å². The Morgan fingerprint density at radius 3 is 2.62 bits per heavy atom. The molecule has 0 bridgehead atoms. The van der Waals surface area contributed by atoms with Crippen LogP contribution in [0.1, 0.15) is 6.42 Å². The van der Waals surface area contributed by atoms with E-state index in [2.05, 4.69) is 6.58 Å². The molecule has 1 aromatic carbocycles. The van der Waals surface area contributed by atoms with Crippen molar-refractivity contribution in [1.29, 1.82) is 0 Å². The lowest BCUT2D eigenvalue weighted by Gasteiger charge is -2.09. The van der Waals surface area contributed by atoms with E-state index >= 15 is 0 Å². The largest absolute Gasteiger partial charge is 0.458 e. The van der Waals surface area contributed by atoms with E-state index in [1.54, 1.807) is 6.08 Å². The molecule has 0 fully saturated rings. The Balaban J connectivity index is 1.99. The van der Waals surface area contributed by atoms with Crippen molar-refractivity contribution in [1.82, 2.24) is 0 Å². The molecule has 2 nitrogen and oxygen atoms in total. The van der Waals surface area contributed by atoms with E-state index < -0.39 is 0 Å². The standard InChI is InChI=1S/C14H12O2/c1-11(13-8-7-12(9-13)10-15)16-14-5-3-2-4-6-14/h2-8,10H,1,9H2. The average Bonchev–Trinajstić information content (AvgIpc) is 2.79. The molecule has 16 heavy (non-hydrogen) atoms. The number of ether oxygens (including phenoxy) is 1. The predicted molar refractivity (Wildman–Crippen MR) is 63.1 cm³/mol. The number of benzene rings is 1. The van der Waals surface area contributed by atoms with Gasteiger partial charge in [0.15, 0.2) is 0 Å². The van der Waals surface area contributed by atoms with Crippen LogP contribution in [0.15, 0.2) is 66.0 Å². The second-order valence-corrected chi connectivity index (χ2v) is 3.57. The van der Waals surface area contributed by atoms with Crippen molar-refractivity contribution in [2.45, 2.75) is 6.42 Å². The molecular formula is C14H12O2. The third-order valence-electron chi connectivity index (χ3n) is 2.39. The molecule has 2 rings (SSSR count). The van der Waals surface area contributed by atoms with Gasteiger partial charge >= 0.3 is 0 Å². The first-order valence-electron chi connectivity index (χ1n) is 5.06. The van der Waals surface area contributed by atoms with Crippen LogP contribution < -0.4 is 4.74 Å². The van der Waals surface area contributed by atoms with Gasteiger partial charge in [0.25, 0.3) is 0 Å². The molecule has 0 heterocycles. The molecule has 2 heteroatoms. The molecule has 0 N–H and O–H groups in total. The number of aldehydes is 1. The molecule has 0 aliphatic heterocycles. The predicted octanol–water partition coefficient (Wildman–Crippen LogP) is 3.03. The fraction of sp³-hybridized carbons (Fsp3) is 0.0714. The Morgan fingerprint density at radius 2 is 2.00 bits per heavy atom. The first kappa shape index (κ1) is 10.4. The van der Waals surface area contributed by atoms with Gasteiger partial charge in [-0.15, -0.1) is 0 Å². The Bertz CT molecular complexity index is 467. The minimum absolute atomic E-state index is 0.597. The third kappa shape index (κ3) is 2.28. The zero-order valence-corrected chi connectivity index (χ0v) is 8.85. The zero-order chi connectivity index (χ0) is 11.4. The minimum atomic E-state index is 0.597. The number of hydrogen-bond donors (Lipinski definition) is 0. The van der Waals surface area contributed by atoms with Gasteiger partial charge in [0.2, 0.25) is 0 Å². The lowest BCUT2D eigenvalue weighted by Crippen LogP contribution is -1.97. The summed E-state index contributed by atoms with van der Waals surface area (Å²) in [6.07, 6.45) is 5.13. The number of para-hydroxylation sites is 1. The monoisotopic (exact) mass is 212 g/mol. The Morgan fingerprint density at radius 1 is 1.25 bits per heavy atom. The molecular weight excluding hydrogens is 200 g/mol. The van der Waals surface area contributed by atoms with Gasteiger partial charge in [-0.1, -0.05) is 36.9 Å². The Kier molecular flexibility index (Phi) is 3.01. The molecule has 0 saturated carbocycles. The van der Waals surface area contributed by atoms with E-state index in [0.717, 1.165) is 23.2 Å². The number of carbonyl (C=O) groups excluding carboxylic acids is 1. The Labute approximate surface area is 94.6 Å². The Hall–Kier alpha value is -2.09. The smallest absolute Gasteiger partial charge is 0.146 e. The summed E-state index contributed by atoms with van der Waals surface area (Å²) in [5, 5.41) is 0. The van der Waals surface area contributed by atoms with Crippen LogP contribution in [0.4, 0.5) is 0 Å². The maximum absolute atomic E-state index is 10.6. The molecule has 80 valence electrons. The van der Waals surface area contributed by atoms with Crippen molar-refractivity contribution in [3.8, 4) is 5.75 Å². The molecule has 1 aromatic rings. The van der Waals surface area contributed by atoms with Crippen LogP contribution in [-0.4, -0.2) is 6.29 Å². The SMILES string of the molecule is C=C(Oc1ccccc1)C1=CC=C(C=O)C1. The summed E-state index contributed by atoms with van der Waals surface area (Å²) in [4.78, 5) is 10.6. The molecule has 1 aliphatic rings. The summed E-state index contributed by atoms with van der Waals surface area (Å²) in [5.41, 5.74) is 1.71. The van der Waals surface area contributed by atoms with E-state index in [4.69, 9.17) is 4.74 Å². The van der Waals surface area contributed by atoms with Gasteiger partial charge in [-0.3, -0.25) is 4.79 Å². The van der Waals surface area contributed by atoms with E-state index in [1.165, 1.54) is 0 Å². The summed E-state index contributed by atoms with van der Waals surface area (Å²) < 4.78 is 5.58. The molecule has 0 saturated heterocycles. The fourth-order valence-electron chi connectivity index (χ4n) is 1.51. The van der Waals surface area contributed by atoms with Gasteiger partial charge in [0.05, 0.1) is 0 Å². The van der Waals surface area contributed by atoms with E-state index in [1.807, 2.05) is 36.4 Å². The van der Waals surface area contributed by atoms with Crippen LogP contribution in [-0.2, 0) is 4.79 Å². The van der Waals surface area contributed by atoms with Crippen molar-refractivity contribution in [2.24, 2.45) is 0 Å². The lowest BCUT2D eigenvalue weighted by molar-refractivity contribution is -0.104. The highest BCUT2D eigenvalue weighted by atomic mass is 16.5. The van der Waals surface area contributed by atoms with Crippen molar-refractivity contribution < 1.29 is 9.53 Å². The molecule has 0 unspecified atom stereocenters. The van der Waals surface area contributed by atoms with Crippen LogP contribution in [0, 0.1) is 0 Å². The minimum Gasteiger partial charge on any atom is -0.458 e. The van der Waals surface area contributed by atoms with Crippen LogP contribution in [0.5, 0.6) is 5.75 Å². The zero-order valence-electron chi connectivity index (χ0n) is 8.85. The second-order valence-electron chi connectivity index (χ2n) is 3.57. The maximum Gasteiger partial charge on any atom is 0.146 e. The van der Waals surface area contributed by atoms with Crippen molar-refractivity contribution in [3.63, 3.8) is 0 Å². The molecule has 0 amide bonds. The summed E-state index contributed by atoms with van der Waals surface area (Å²) in [6.45, 7) is 3.86. The van der Waals surface area contributed by atoms with Crippen molar-refractivity contribution in [2.75, 3.05) is 0 Å². The van der Waals surface area contributed by atoms with Gasteiger partial charge in [-0.05, 0) is 23.3 Å². The van der Waals surface area contributed by atoms with Crippen LogP contribution in [0.3, 0.4) is 0 Å². The van der Waals surface area contributed by atoms with E-state index in [0.29, 0.717) is 12.2 Å². The molecule has 1 aliphatic carbocycles. The number of allylic oxidation sites excluding steroid dienone is 4. The van der Waals surface area contributed by atoms with Gasteiger partial charge in [-0.25, -0.2) is 0 Å². The summed E-state index contributed by atoms with van der Waals surface area (Å²) >= 11 is 0. The molecule has 0 spiro atoms. The first-order chi connectivity index (χ1) is 7.79. The van der Waals surface area contributed by atoms with E-state index in [9.17, 15) is 4.79 Å². The lowest BCUT2D eigenvalue weighted by atomic mass is 10.1. The number of hydrogen-bond acceptors (Lipinski definition) is 2. The fourth-order valence-corrected chi connectivity index (χ4v) is 1.51. The third-order valence-corrected chi connectivity index (χ3v) is 2.39.